The second kappa shape index (κ2) is 9.43. The molecule has 3 nitrogen and oxygen atoms in total. The van der Waals surface area contributed by atoms with E-state index in [1.807, 2.05) is 23.1 Å². The molecule has 1 saturated heterocycles. The van der Waals surface area contributed by atoms with Crippen LogP contribution in [0.25, 0.3) is 0 Å². The number of piperidine rings is 1. The monoisotopic (exact) mass is 342 g/mol. The van der Waals surface area contributed by atoms with Crippen LogP contribution in [-0.4, -0.2) is 35.2 Å². The molecule has 2 atom stereocenters. The van der Waals surface area contributed by atoms with Crippen molar-refractivity contribution in [3.8, 4) is 0 Å². The predicted octanol–water partition coefficient (Wildman–Crippen LogP) is 3.32. The molecule has 0 spiro atoms. The molecular formula is C17H27ClN2OS. The molecule has 5 heteroatoms. The maximum atomic E-state index is 12.8. The molecule has 1 amide bonds. The molecule has 1 aromatic carbocycles. The van der Waals surface area contributed by atoms with E-state index in [1.165, 1.54) is 5.56 Å². The first-order valence-electron chi connectivity index (χ1n) is 7.78. The highest BCUT2D eigenvalue weighted by molar-refractivity contribution is 7.99. The lowest BCUT2D eigenvalue weighted by Crippen LogP contribution is -2.49. The number of carbonyl (C=O) groups excluding carboxylic acids is 1. The van der Waals surface area contributed by atoms with E-state index in [0.29, 0.717) is 12.5 Å². The molecule has 1 aromatic rings. The molecule has 0 aromatic heterocycles. The molecule has 2 N–H and O–H groups in total. The van der Waals surface area contributed by atoms with Gasteiger partial charge in [-0.3, -0.25) is 4.79 Å². The molecule has 0 saturated carbocycles. The molecule has 0 aliphatic carbocycles. The average Bonchev–Trinajstić information content (AvgIpc) is 2.48. The lowest BCUT2D eigenvalue weighted by molar-refractivity contribution is -0.132. The fourth-order valence-electron chi connectivity index (χ4n) is 2.70. The van der Waals surface area contributed by atoms with Gasteiger partial charge < -0.3 is 10.6 Å². The summed E-state index contributed by atoms with van der Waals surface area (Å²) in [6.45, 7) is 5.84. The van der Waals surface area contributed by atoms with Gasteiger partial charge in [0.15, 0.2) is 0 Å². The maximum absolute atomic E-state index is 12.8. The largest absolute Gasteiger partial charge is 0.340 e. The first-order valence-corrected chi connectivity index (χ1v) is 8.82. The lowest BCUT2D eigenvalue weighted by atomic mass is 10.0. The van der Waals surface area contributed by atoms with Gasteiger partial charge in [0.05, 0.1) is 5.25 Å². The number of nitrogens with two attached hydrogens (primary N) is 1. The summed E-state index contributed by atoms with van der Waals surface area (Å²) in [6.07, 6.45) is 2.06. The van der Waals surface area contributed by atoms with Crippen LogP contribution in [0.4, 0.5) is 0 Å². The van der Waals surface area contributed by atoms with Gasteiger partial charge in [0, 0.05) is 24.9 Å². The summed E-state index contributed by atoms with van der Waals surface area (Å²) >= 11 is 1.75. The Morgan fingerprint density at radius 2 is 2.05 bits per heavy atom. The van der Waals surface area contributed by atoms with Gasteiger partial charge in [-0.25, -0.2) is 0 Å². The van der Waals surface area contributed by atoms with E-state index >= 15 is 0 Å². The Balaban J connectivity index is 0.00000242. The normalized spacial score (nSPS) is 19.6. The Bertz CT molecular complexity index is 455. The van der Waals surface area contributed by atoms with Crippen molar-refractivity contribution in [2.75, 3.05) is 13.1 Å². The van der Waals surface area contributed by atoms with Crippen LogP contribution < -0.4 is 5.73 Å². The van der Waals surface area contributed by atoms with Crippen molar-refractivity contribution in [1.29, 1.82) is 0 Å². The Morgan fingerprint density at radius 1 is 1.36 bits per heavy atom. The number of nitrogens with zero attached hydrogens (tertiary/aromatic N) is 1. The Hall–Kier alpha value is -0.710. The van der Waals surface area contributed by atoms with E-state index in [1.54, 1.807) is 11.8 Å². The Kier molecular flexibility index (Phi) is 8.29. The minimum atomic E-state index is 0. The SMILES string of the molecule is CC(C)C(SCc1ccccc1)C(=O)N1CCCC(N)C1.Cl. The van der Waals surface area contributed by atoms with Crippen LogP contribution in [-0.2, 0) is 10.5 Å². The first kappa shape index (κ1) is 19.3. The van der Waals surface area contributed by atoms with Crippen LogP contribution in [0.3, 0.4) is 0 Å². The van der Waals surface area contributed by atoms with Crippen LogP contribution in [0.5, 0.6) is 0 Å². The summed E-state index contributed by atoms with van der Waals surface area (Å²) in [6, 6.07) is 10.5. The lowest BCUT2D eigenvalue weighted by Gasteiger charge is -2.34. The van der Waals surface area contributed by atoms with E-state index in [4.69, 9.17) is 5.73 Å². The molecular weight excluding hydrogens is 316 g/mol. The molecule has 1 aliphatic heterocycles. The third-order valence-electron chi connectivity index (χ3n) is 3.89. The smallest absolute Gasteiger partial charge is 0.236 e. The number of likely N-dealkylation sites (tertiary alicyclic amines) is 1. The van der Waals surface area contributed by atoms with Gasteiger partial charge in [0.25, 0.3) is 0 Å². The molecule has 0 radical (unpaired) electrons. The van der Waals surface area contributed by atoms with E-state index in [9.17, 15) is 4.79 Å². The number of thioether (sulfide) groups is 1. The molecule has 1 aliphatic rings. The van der Waals surface area contributed by atoms with Gasteiger partial charge in [0.2, 0.25) is 5.91 Å². The van der Waals surface area contributed by atoms with Gasteiger partial charge in [-0.15, -0.1) is 24.2 Å². The van der Waals surface area contributed by atoms with Crippen molar-refractivity contribution in [2.24, 2.45) is 11.7 Å². The van der Waals surface area contributed by atoms with Crippen molar-refractivity contribution < 1.29 is 4.79 Å². The van der Waals surface area contributed by atoms with E-state index in [-0.39, 0.29) is 29.6 Å². The molecule has 2 rings (SSSR count). The van der Waals surface area contributed by atoms with Crippen LogP contribution in [0.15, 0.2) is 30.3 Å². The number of rotatable bonds is 5. The standard InChI is InChI=1S/C17H26N2OS.ClH/c1-13(2)16(21-12-14-7-4-3-5-8-14)17(20)19-10-6-9-15(18)11-19;/h3-5,7-8,13,15-16H,6,9-12,18H2,1-2H3;1H. The molecule has 2 unspecified atom stereocenters. The second-order valence-electron chi connectivity index (χ2n) is 6.15. The van der Waals surface area contributed by atoms with Gasteiger partial charge >= 0.3 is 0 Å². The highest BCUT2D eigenvalue weighted by Gasteiger charge is 2.30. The number of carbonyl (C=O) groups is 1. The predicted molar refractivity (Wildman–Crippen MR) is 97.4 cm³/mol. The third kappa shape index (κ3) is 5.49. The quantitative estimate of drug-likeness (QED) is 0.892. The number of amides is 1. The summed E-state index contributed by atoms with van der Waals surface area (Å²) in [4.78, 5) is 14.7. The van der Waals surface area contributed by atoms with Crippen molar-refractivity contribution in [2.45, 2.75) is 43.7 Å². The van der Waals surface area contributed by atoms with E-state index < -0.39 is 0 Å². The van der Waals surface area contributed by atoms with Crippen molar-refractivity contribution in [3.05, 3.63) is 35.9 Å². The summed E-state index contributed by atoms with van der Waals surface area (Å²) in [5, 5.41) is 0.0236. The van der Waals surface area contributed by atoms with Gasteiger partial charge in [0.1, 0.15) is 0 Å². The summed E-state index contributed by atoms with van der Waals surface area (Å²) in [7, 11) is 0. The summed E-state index contributed by atoms with van der Waals surface area (Å²) in [5.74, 6) is 1.49. The second-order valence-corrected chi connectivity index (χ2v) is 7.28. The average molecular weight is 343 g/mol. The fourth-order valence-corrected chi connectivity index (χ4v) is 3.94. The van der Waals surface area contributed by atoms with Crippen LogP contribution in [0.1, 0.15) is 32.3 Å². The molecule has 1 heterocycles. The number of hydrogen-bond acceptors (Lipinski definition) is 3. The van der Waals surface area contributed by atoms with Crippen LogP contribution >= 0.6 is 24.2 Å². The van der Waals surface area contributed by atoms with Crippen LogP contribution in [0.2, 0.25) is 0 Å². The number of hydrogen-bond donors (Lipinski definition) is 1. The Labute approximate surface area is 144 Å². The Morgan fingerprint density at radius 3 is 2.64 bits per heavy atom. The van der Waals surface area contributed by atoms with Gasteiger partial charge in [-0.1, -0.05) is 44.2 Å². The maximum Gasteiger partial charge on any atom is 0.236 e. The molecule has 1 fully saturated rings. The molecule has 22 heavy (non-hydrogen) atoms. The van der Waals surface area contributed by atoms with Crippen molar-refractivity contribution in [1.82, 2.24) is 4.90 Å². The number of benzene rings is 1. The van der Waals surface area contributed by atoms with Gasteiger partial charge in [-0.05, 0) is 24.3 Å². The van der Waals surface area contributed by atoms with E-state index in [0.717, 1.165) is 25.1 Å². The highest BCUT2D eigenvalue weighted by atomic mass is 35.5. The van der Waals surface area contributed by atoms with Crippen molar-refractivity contribution in [3.63, 3.8) is 0 Å². The zero-order valence-electron chi connectivity index (χ0n) is 13.4. The summed E-state index contributed by atoms with van der Waals surface area (Å²) in [5.41, 5.74) is 7.28. The minimum Gasteiger partial charge on any atom is -0.340 e. The molecule has 0 bridgehead atoms. The van der Waals surface area contributed by atoms with Crippen molar-refractivity contribution >= 4 is 30.1 Å². The number of halogens is 1. The fraction of sp³-hybridized carbons (Fsp3) is 0.588. The topological polar surface area (TPSA) is 46.3 Å². The molecule has 124 valence electrons. The highest BCUT2D eigenvalue weighted by Crippen LogP contribution is 2.26. The minimum absolute atomic E-state index is 0. The summed E-state index contributed by atoms with van der Waals surface area (Å²) < 4.78 is 0. The van der Waals surface area contributed by atoms with Gasteiger partial charge in [-0.2, -0.15) is 0 Å². The third-order valence-corrected chi connectivity index (χ3v) is 5.50. The zero-order chi connectivity index (χ0) is 15.2. The van der Waals surface area contributed by atoms with E-state index in [2.05, 4.69) is 26.0 Å². The van der Waals surface area contributed by atoms with Crippen LogP contribution in [0, 0.1) is 5.92 Å². The first-order chi connectivity index (χ1) is 10.1. The zero-order valence-corrected chi connectivity index (χ0v) is 15.0.